The lowest BCUT2D eigenvalue weighted by atomic mass is 9.96. The summed E-state index contributed by atoms with van der Waals surface area (Å²) in [6.45, 7) is 4.27. The molecule has 1 amide bonds. The van der Waals surface area contributed by atoms with Crippen LogP contribution in [0.5, 0.6) is 11.5 Å². The summed E-state index contributed by atoms with van der Waals surface area (Å²) in [5, 5.41) is 11.1. The minimum atomic E-state index is -1.04. The molecule has 0 saturated heterocycles. The number of likely N-dealkylation sites (N-methyl/N-ethyl adjacent to an activating group) is 1. The van der Waals surface area contributed by atoms with Crippen LogP contribution in [-0.2, 0) is 4.79 Å². The van der Waals surface area contributed by atoms with Gasteiger partial charge in [0.25, 0.3) is 5.91 Å². The second-order valence-electron chi connectivity index (χ2n) is 6.99. The van der Waals surface area contributed by atoms with E-state index in [1.54, 1.807) is 31.0 Å². The van der Waals surface area contributed by atoms with Crippen LogP contribution in [0.15, 0.2) is 54.6 Å². The van der Waals surface area contributed by atoms with Gasteiger partial charge in [0.05, 0.1) is 7.11 Å². The number of hydrogen-bond acceptors (Lipinski definition) is 4. The zero-order chi connectivity index (χ0) is 21.8. The summed E-state index contributed by atoms with van der Waals surface area (Å²) in [6.07, 6.45) is -0.612. The van der Waals surface area contributed by atoms with Gasteiger partial charge in [-0.25, -0.2) is 4.79 Å². The molecule has 0 radical (unpaired) electrons. The molecule has 0 aliphatic heterocycles. The van der Waals surface area contributed by atoms with Gasteiger partial charge in [-0.3, -0.25) is 4.79 Å². The third kappa shape index (κ3) is 4.08. The molecule has 0 aromatic heterocycles. The number of carboxylic acid groups (broad SMARTS) is 1. The topological polar surface area (TPSA) is 76.1 Å². The number of carbonyl (C=O) groups is 2. The number of fused-ring (bicyclic) bond motifs is 1. The van der Waals surface area contributed by atoms with E-state index in [1.807, 2.05) is 43.3 Å². The Morgan fingerprint density at radius 3 is 2.37 bits per heavy atom. The van der Waals surface area contributed by atoms with E-state index in [1.165, 1.54) is 13.2 Å². The first-order chi connectivity index (χ1) is 14.4. The van der Waals surface area contributed by atoms with Gasteiger partial charge in [-0.1, -0.05) is 36.4 Å². The Morgan fingerprint density at radius 2 is 1.73 bits per heavy atom. The summed E-state index contributed by atoms with van der Waals surface area (Å²) in [5.74, 6) is -0.206. The van der Waals surface area contributed by atoms with Crippen LogP contribution in [0.4, 0.5) is 0 Å². The van der Waals surface area contributed by atoms with Gasteiger partial charge in [0.15, 0.2) is 6.10 Å². The van der Waals surface area contributed by atoms with E-state index >= 15 is 0 Å². The molecule has 0 aliphatic carbocycles. The summed E-state index contributed by atoms with van der Waals surface area (Å²) in [7, 11) is 3.20. The quantitative estimate of drug-likeness (QED) is 0.626. The van der Waals surface area contributed by atoms with Crippen molar-refractivity contribution in [1.29, 1.82) is 0 Å². The number of carbonyl (C=O) groups excluding carboxylic acids is 1. The van der Waals surface area contributed by atoms with E-state index in [4.69, 9.17) is 9.47 Å². The number of benzene rings is 3. The predicted molar refractivity (Wildman–Crippen MR) is 116 cm³/mol. The van der Waals surface area contributed by atoms with Crippen molar-refractivity contribution < 1.29 is 24.2 Å². The Bertz CT molecular complexity index is 1090. The third-order valence-electron chi connectivity index (χ3n) is 5.13. The van der Waals surface area contributed by atoms with Crippen molar-refractivity contribution in [2.75, 3.05) is 20.7 Å². The molecule has 6 heteroatoms. The number of rotatable bonds is 7. The monoisotopic (exact) mass is 407 g/mol. The summed E-state index contributed by atoms with van der Waals surface area (Å²) in [4.78, 5) is 25.4. The number of ether oxygens (including phenoxy) is 2. The summed E-state index contributed by atoms with van der Waals surface area (Å²) in [5.41, 5.74) is 1.85. The van der Waals surface area contributed by atoms with Crippen LogP contribution in [0.2, 0.25) is 0 Å². The van der Waals surface area contributed by atoms with E-state index in [0.717, 1.165) is 21.9 Å². The molecule has 0 bridgehead atoms. The van der Waals surface area contributed by atoms with Crippen LogP contribution >= 0.6 is 0 Å². The molecule has 1 N–H and O–H groups in total. The van der Waals surface area contributed by atoms with Gasteiger partial charge in [0.2, 0.25) is 0 Å². The molecule has 0 heterocycles. The molecule has 0 saturated carbocycles. The van der Waals surface area contributed by atoms with Crippen molar-refractivity contribution in [1.82, 2.24) is 4.90 Å². The molecule has 3 aromatic carbocycles. The van der Waals surface area contributed by atoms with Gasteiger partial charge in [-0.15, -0.1) is 0 Å². The maximum Gasteiger partial charge on any atom is 0.339 e. The molecule has 30 heavy (non-hydrogen) atoms. The zero-order valence-electron chi connectivity index (χ0n) is 17.5. The Hall–Kier alpha value is -3.54. The van der Waals surface area contributed by atoms with Crippen molar-refractivity contribution in [3.05, 3.63) is 60.2 Å². The minimum absolute atomic E-state index is 0.0837. The first-order valence-corrected chi connectivity index (χ1v) is 9.72. The van der Waals surface area contributed by atoms with Crippen LogP contribution in [0.1, 0.15) is 24.2 Å². The fourth-order valence-electron chi connectivity index (χ4n) is 3.37. The van der Waals surface area contributed by atoms with Gasteiger partial charge in [-0.05, 0) is 48.6 Å². The van der Waals surface area contributed by atoms with Crippen molar-refractivity contribution in [2.45, 2.75) is 20.0 Å². The zero-order valence-corrected chi connectivity index (χ0v) is 17.5. The van der Waals surface area contributed by atoms with E-state index < -0.39 is 12.1 Å². The molecule has 0 fully saturated rings. The number of methoxy groups -OCH3 is 1. The first-order valence-electron chi connectivity index (χ1n) is 9.72. The maximum absolute atomic E-state index is 12.4. The summed E-state index contributed by atoms with van der Waals surface area (Å²) >= 11 is 0. The van der Waals surface area contributed by atoms with Crippen LogP contribution in [0.3, 0.4) is 0 Å². The molecule has 1 atom stereocenters. The predicted octanol–water partition coefficient (Wildman–Crippen LogP) is 4.46. The second kappa shape index (κ2) is 8.86. The lowest BCUT2D eigenvalue weighted by molar-refractivity contribution is -0.136. The number of nitrogens with zero attached hydrogens (tertiary/aromatic N) is 1. The average Bonchev–Trinajstić information content (AvgIpc) is 2.77. The normalized spacial score (nSPS) is 11.7. The van der Waals surface area contributed by atoms with E-state index in [2.05, 4.69) is 0 Å². The van der Waals surface area contributed by atoms with Crippen molar-refractivity contribution in [3.63, 3.8) is 0 Å². The van der Waals surface area contributed by atoms with Crippen LogP contribution in [-0.4, -0.2) is 48.7 Å². The van der Waals surface area contributed by atoms with Gasteiger partial charge >= 0.3 is 5.97 Å². The minimum Gasteiger partial charge on any atom is -0.496 e. The highest BCUT2D eigenvalue weighted by Crippen LogP contribution is 2.36. The molecule has 0 aliphatic rings. The van der Waals surface area contributed by atoms with Crippen LogP contribution in [0, 0.1) is 0 Å². The van der Waals surface area contributed by atoms with Crippen molar-refractivity contribution in [3.8, 4) is 22.6 Å². The lowest BCUT2D eigenvalue weighted by Gasteiger charge is -2.22. The average molecular weight is 407 g/mol. The highest BCUT2D eigenvalue weighted by atomic mass is 16.5. The Labute approximate surface area is 175 Å². The molecular formula is C24H25NO5. The largest absolute Gasteiger partial charge is 0.496 e. The fraction of sp³-hybridized carbons (Fsp3) is 0.250. The Morgan fingerprint density at radius 1 is 1.03 bits per heavy atom. The van der Waals surface area contributed by atoms with Crippen LogP contribution < -0.4 is 9.47 Å². The maximum atomic E-state index is 12.4. The molecule has 0 spiro atoms. The van der Waals surface area contributed by atoms with E-state index in [0.29, 0.717) is 18.0 Å². The molecule has 3 rings (SSSR count). The first kappa shape index (κ1) is 21.2. The Balaban J connectivity index is 2.05. The lowest BCUT2D eigenvalue weighted by Crippen LogP contribution is -2.37. The number of amides is 1. The molecule has 156 valence electrons. The van der Waals surface area contributed by atoms with Crippen LogP contribution in [0.25, 0.3) is 21.9 Å². The number of aromatic carboxylic acids is 1. The highest BCUT2D eigenvalue weighted by Gasteiger charge is 2.20. The smallest absolute Gasteiger partial charge is 0.339 e. The number of carboxylic acids is 1. The van der Waals surface area contributed by atoms with Crippen molar-refractivity contribution >= 4 is 22.6 Å². The molecule has 1 unspecified atom stereocenters. The van der Waals surface area contributed by atoms with Gasteiger partial charge in [0.1, 0.15) is 17.1 Å². The van der Waals surface area contributed by atoms with Crippen molar-refractivity contribution in [2.24, 2.45) is 0 Å². The van der Waals surface area contributed by atoms with E-state index in [9.17, 15) is 14.7 Å². The molecular weight excluding hydrogens is 382 g/mol. The number of hydrogen-bond donors (Lipinski definition) is 1. The van der Waals surface area contributed by atoms with Gasteiger partial charge in [-0.2, -0.15) is 0 Å². The highest BCUT2D eigenvalue weighted by molar-refractivity contribution is 6.01. The SMILES string of the molecule is CCN(C)C(=O)C(C)Oc1ccc(-c2ccc(C(=O)O)c(OC)c2)c2ccccc12. The standard InChI is InChI=1S/C24H25NO5/c1-5-25(3)23(26)15(2)30-21-13-12-17(18-8-6-7-9-19(18)21)16-10-11-20(24(27)28)22(14-16)29-4/h6-15H,5H2,1-4H3,(H,27,28). The molecule has 3 aromatic rings. The Kier molecular flexibility index (Phi) is 6.26. The second-order valence-corrected chi connectivity index (χ2v) is 6.99. The summed E-state index contributed by atoms with van der Waals surface area (Å²) < 4.78 is 11.3. The van der Waals surface area contributed by atoms with Gasteiger partial charge in [0, 0.05) is 19.0 Å². The van der Waals surface area contributed by atoms with E-state index in [-0.39, 0.29) is 11.5 Å². The fourth-order valence-corrected chi connectivity index (χ4v) is 3.37. The molecule has 6 nitrogen and oxygen atoms in total. The summed E-state index contributed by atoms with van der Waals surface area (Å²) in [6, 6.07) is 16.5. The van der Waals surface area contributed by atoms with Gasteiger partial charge < -0.3 is 19.5 Å². The third-order valence-corrected chi connectivity index (χ3v) is 5.13.